The summed E-state index contributed by atoms with van der Waals surface area (Å²) in [5.74, 6) is 0.614. The van der Waals surface area contributed by atoms with Gasteiger partial charge in [-0.25, -0.2) is 9.37 Å². The molecule has 0 spiro atoms. The second kappa shape index (κ2) is 6.18. The normalized spacial score (nSPS) is 10.3. The predicted molar refractivity (Wildman–Crippen MR) is 77.4 cm³/mol. The monoisotopic (exact) mass is 259 g/mol. The molecule has 100 valence electrons. The molecule has 0 bridgehead atoms. The number of halogens is 1. The molecule has 0 fully saturated rings. The molecule has 0 atom stereocenters. The van der Waals surface area contributed by atoms with Crippen LogP contribution in [0.1, 0.15) is 18.9 Å². The molecule has 0 aliphatic carbocycles. The van der Waals surface area contributed by atoms with Crippen molar-refractivity contribution in [2.75, 3.05) is 17.2 Å². The lowest BCUT2D eigenvalue weighted by atomic mass is 10.2. The second-order valence-electron chi connectivity index (χ2n) is 4.45. The molecule has 0 saturated heterocycles. The summed E-state index contributed by atoms with van der Waals surface area (Å²) in [5.41, 5.74) is 2.26. The fourth-order valence-corrected chi connectivity index (χ4v) is 1.70. The molecule has 3 nitrogen and oxygen atoms in total. The number of aromatic nitrogens is 1. The van der Waals surface area contributed by atoms with E-state index in [1.54, 1.807) is 19.2 Å². The lowest BCUT2D eigenvalue weighted by Gasteiger charge is -2.09. The smallest absolute Gasteiger partial charge is 0.128 e. The minimum Gasteiger partial charge on any atom is -0.370 e. The Morgan fingerprint density at radius 1 is 1.16 bits per heavy atom. The van der Waals surface area contributed by atoms with Crippen molar-refractivity contribution in [3.63, 3.8) is 0 Å². The maximum absolute atomic E-state index is 13.5. The standard InChI is InChI=1S/C15H18FN3/c1-3-7-17-15-10-13(6-8-18-15)19-12-5-4-11(2)14(16)9-12/h4-6,8-10H,3,7H2,1-2H3,(H2,17,18,19). The summed E-state index contributed by atoms with van der Waals surface area (Å²) < 4.78 is 13.5. The van der Waals surface area contributed by atoms with Crippen LogP contribution in [-0.2, 0) is 0 Å². The second-order valence-corrected chi connectivity index (χ2v) is 4.45. The van der Waals surface area contributed by atoms with Gasteiger partial charge in [-0.1, -0.05) is 13.0 Å². The molecule has 1 aromatic heterocycles. The third kappa shape index (κ3) is 3.68. The van der Waals surface area contributed by atoms with Crippen molar-refractivity contribution in [1.29, 1.82) is 0 Å². The molecule has 1 heterocycles. The van der Waals surface area contributed by atoms with E-state index in [0.717, 1.165) is 30.2 Å². The van der Waals surface area contributed by atoms with Crippen molar-refractivity contribution in [2.45, 2.75) is 20.3 Å². The van der Waals surface area contributed by atoms with Gasteiger partial charge in [-0.2, -0.15) is 0 Å². The number of hydrogen-bond donors (Lipinski definition) is 2. The van der Waals surface area contributed by atoms with Gasteiger partial charge in [0.2, 0.25) is 0 Å². The van der Waals surface area contributed by atoms with E-state index in [-0.39, 0.29) is 5.82 Å². The average Bonchev–Trinajstić information content (AvgIpc) is 2.41. The van der Waals surface area contributed by atoms with Crippen LogP contribution in [0.5, 0.6) is 0 Å². The van der Waals surface area contributed by atoms with E-state index in [2.05, 4.69) is 22.5 Å². The average molecular weight is 259 g/mol. The highest BCUT2D eigenvalue weighted by Gasteiger charge is 2.01. The number of benzene rings is 1. The maximum Gasteiger partial charge on any atom is 0.128 e. The lowest BCUT2D eigenvalue weighted by Crippen LogP contribution is -2.02. The number of nitrogens with one attached hydrogen (secondary N) is 2. The quantitative estimate of drug-likeness (QED) is 0.849. The van der Waals surface area contributed by atoms with Gasteiger partial charge in [-0.15, -0.1) is 0 Å². The van der Waals surface area contributed by atoms with Crippen LogP contribution >= 0.6 is 0 Å². The molecule has 0 aliphatic heterocycles. The molecule has 2 rings (SSSR count). The number of nitrogens with zero attached hydrogens (tertiary/aromatic N) is 1. The summed E-state index contributed by atoms with van der Waals surface area (Å²) in [6.07, 6.45) is 2.77. The van der Waals surface area contributed by atoms with Crippen LogP contribution in [0.2, 0.25) is 0 Å². The summed E-state index contributed by atoms with van der Waals surface area (Å²) in [6.45, 7) is 4.73. The van der Waals surface area contributed by atoms with Crippen molar-refractivity contribution in [3.05, 3.63) is 47.9 Å². The van der Waals surface area contributed by atoms with Gasteiger partial charge in [0.1, 0.15) is 11.6 Å². The Morgan fingerprint density at radius 2 is 1.95 bits per heavy atom. The zero-order valence-electron chi connectivity index (χ0n) is 11.2. The summed E-state index contributed by atoms with van der Waals surface area (Å²) in [6, 6.07) is 8.88. The van der Waals surface area contributed by atoms with Gasteiger partial charge >= 0.3 is 0 Å². The molecule has 19 heavy (non-hydrogen) atoms. The van der Waals surface area contributed by atoms with Gasteiger partial charge < -0.3 is 10.6 Å². The van der Waals surface area contributed by atoms with E-state index in [1.807, 2.05) is 18.2 Å². The minimum absolute atomic E-state index is 0.205. The number of aryl methyl sites for hydroxylation is 1. The van der Waals surface area contributed by atoms with Crippen LogP contribution in [0.4, 0.5) is 21.6 Å². The van der Waals surface area contributed by atoms with Crippen LogP contribution < -0.4 is 10.6 Å². The molecule has 4 heteroatoms. The predicted octanol–water partition coefficient (Wildman–Crippen LogP) is 4.09. The minimum atomic E-state index is -0.205. The van der Waals surface area contributed by atoms with Crippen molar-refractivity contribution < 1.29 is 4.39 Å². The Hall–Kier alpha value is -2.10. The van der Waals surface area contributed by atoms with Gasteiger partial charge in [-0.05, 0) is 37.1 Å². The summed E-state index contributed by atoms with van der Waals surface area (Å²) >= 11 is 0. The first-order valence-corrected chi connectivity index (χ1v) is 6.42. The van der Waals surface area contributed by atoms with E-state index in [4.69, 9.17) is 0 Å². The first kappa shape index (κ1) is 13.3. The number of rotatable bonds is 5. The number of pyridine rings is 1. The van der Waals surface area contributed by atoms with E-state index in [1.165, 1.54) is 6.07 Å². The number of hydrogen-bond acceptors (Lipinski definition) is 3. The van der Waals surface area contributed by atoms with Crippen molar-refractivity contribution in [1.82, 2.24) is 4.98 Å². The first-order valence-electron chi connectivity index (χ1n) is 6.42. The summed E-state index contributed by atoms with van der Waals surface area (Å²) in [5, 5.41) is 6.38. The topological polar surface area (TPSA) is 37.0 Å². The molecule has 0 aliphatic rings. The van der Waals surface area contributed by atoms with E-state index < -0.39 is 0 Å². The van der Waals surface area contributed by atoms with Crippen LogP contribution in [0.3, 0.4) is 0 Å². The molecule has 2 aromatic rings. The molecule has 0 radical (unpaired) electrons. The van der Waals surface area contributed by atoms with E-state index in [0.29, 0.717) is 5.56 Å². The zero-order valence-corrected chi connectivity index (χ0v) is 11.2. The highest BCUT2D eigenvalue weighted by atomic mass is 19.1. The third-order valence-electron chi connectivity index (χ3n) is 2.78. The Kier molecular flexibility index (Phi) is 4.34. The molecular weight excluding hydrogens is 241 g/mol. The van der Waals surface area contributed by atoms with Crippen LogP contribution in [0, 0.1) is 12.7 Å². The molecule has 0 amide bonds. The fourth-order valence-electron chi connectivity index (χ4n) is 1.70. The highest BCUT2D eigenvalue weighted by Crippen LogP contribution is 2.20. The fraction of sp³-hybridized carbons (Fsp3) is 0.267. The van der Waals surface area contributed by atoms with Gasteiger partial charge in [0.15, 0.2) is 0 Å². The van der Waals surface area contributed by atoms with Crippen LogP contribution in [0.15, 0.2) is 36.5 Å². The van der Waals surface area contributed by atoms with Gasteiger partial charge in [0.05, 0.1) is 0 Å². The Bertz CT molecular complexity index is 555. The number of anilines is 3. The van der Waals surface area contributed by atoms with Crippen LogP contribution in [0.25, 0.3) is 0 Å². The summed E-state index contributed by atoms with van der Waals surface area (Å²) in [7, 11) is 0. The van der Waals surface area contributed by atoms with Gasteiger partial charge in [0, 0.05) is 30.2 Å². The Labute approximate surface area is 112 Å². The highest BCUT2D eigenvalue weighted by molar-refractivity contribution is 5.62. The van der Waals surface area contributed by atoms with Crippen molar-refractivity contribution in [2.24, 2.45) is 0 Å². The molecule has 1 aromatic carbocycles. The van der Waals surface area contributed by atoms with Crippen molar-refractivity contribution >= 4 is 17.2 Å². The molecule has 2 N–H and O–H groups in total. The van der Waals surface area contributed by atoms with Crippen molar-refractivity contribution in [3.8, 4) is 0 Å². The summed E-state index contributed by atoms with van der Waals surface area (Å²) in [4.78, 5) is 4.23. The van der Waals surface area contributed by atoms with Gasteiger partial charge in [-0.3, -0.25) is 0 Å². The molecule has 0 unspecified atom stereocenters. The molecule has 0 saturated carbocycles. The Balaban J connectivity index is 2.11. The zero-order chi connectivity index (χ0) is 13.7. The maximum atomic E-state index is 13.5. The van der Waals surface area contributed by atoms with E-state index in [9.17, 15) is 4.39 Å². The lowest BCUT2D eigenvalue weighted by molar-refractivity contribution is 0.619. The largest absolute Gasteiger partial charge is 0.370 e. The third-order valence-corrected chi connectivity index (χ3v) is 2.78. The SMILES string of the molecule is CCCNc1cc(Nc2ccc(C)c(F)c2)ccn1. The van der Waals surface area contributed by atoms with Crippen LogP contribution in [-0.4, -0.2) is 11.5 Å². The first-order chi connectivity index (χ1) is 9.19. The Morgan fingerprint density at radius 3 is 2.68 bits per heavy atom. The molecular formula is C15H18FN3. The van der Waals surface area contributed by atoms with Gasteiger partial charge in [0.25, 0.3) is 0 Å². The van der Waals surface area contributed by atoms with E-state index >= 15 is 0 Å².